The van der Waals surface area contributed by atoms with E-state index < -0.39 is 0 Å². The maximum atomic E-state index is 4.67. The molecule has 1 aliphatic carbocycles. The minimum absolute atomic E-state index is 0.628. The lowest BCUT2D eigenvalue weighted by molar-refractivity contribution is 0.361. The molecule has 1 aromatic carbocycles. The molecule has 0 amide bonds. The van der Waals surface area contributed by atoms with E-state index in [-0.39, 0.29) is 0 Å². The van der Waals surface area contributed by atoms with Crippen molar-refractivity contribution in [2.24, 2.45) is 5.92 Å². The van der Waals surface area contributed by atoms with Crippen molar-refractivity contribution in [3.8, 4) is 0 Å². The van der Waals surface area contributed by atoms with Crippen molar-refractivity contribution in [3.05, 3.63) is 23.8 Å². The largest absolute Gasteiger partial charge is 0.359 e. The Morgan fingerprint density at radius 2 is 2.00 bits per heavy atom. The predicted molar refractivity (Wildman–Crippen MR) is 79.4 cm³/mol. The number of hydrogen-bond acceptors (Lipinski definition) is 3. The lowest BCUT2D eigenvalue weighted by Gasteiger charge is -2.26. The van der Waals surface area contributed by atoms with Crippen molar-refractivity contribution >= 4 is 26.7 Å². The van der Waals surface area contributed by atoms with Crippen LogP contribution >= 0.6 is 11.3 Å². The van der Waals surface area contributed by atoms with Gasteiger partial charge in [0.1, 0.15) is 0 Å². The summed E-state index contributed by atoms with van der Waals surface area (Å²) in [6, 6.07) is 7.10. The summed E-state index contributed by atoms with van der Waals surface area (Å²) in [5.41, 5.74) is 2.43. The van der Waals surface area contributed by atoms with Crippen molar-refractivity contribution in [3.63, 3.8) is 0 Å². The molecule has 3 heteroatoms. The molecule has 96 valence electrons. The minimum Gasteiger partial charge on any atom is -0.359 e. The third kappa shape index (κ3) is 2.51. The summed E-state index contributed by atoms with van der Waals surface area (Å²) in [5, 5.41) is 4.71. The number of rotatable bonds is 2. The number of aromatic nitrogens is 1. The molecule has 2 aromatic rings. The number of nitrogens with zero attached hydrogens (tertiary/aromatic N) is 1. The molecule has 0 spiro atoms. The van der Waals surface area contributed by atoms with Crippen LogP contribution in [-0.4, -0.2) is 11.0 Å². The summed E-state index contributed by atoms with van der Waals surface area (Å²) in [6.07, 6.45) is 5.27. The number of thiazole rings is 1. The van der Waals surface area contributed by atoms with Gasteiger partial charge in [0, 0.05) is 6.04 Å². The Morgan fingerprint density at radius 1 is 1.22 bits per heavy atom. The van der Waals surface area contributed by atoms with E-state index in [9.17, 15) is 0 Å². The van der Waals surface area contributed by atoms with E-state index in [0.29, 0.717) is 6.04 Å². The summed E-state index contributed by atoms with van der Waals surface area (Å²) in [7, 11) is 0. The fourth-order valence-corrected chi connectivity index (χ4v) is 3.71. The van der Waals surface area contributed by atoms with Gasteiger partial charge in [-0.1, -0.05) is 24.3 Å². The molecule has 1 aromatic heterocycles. The summed E-state index contributed by atoms with van der Waals surface area (Å²) >= 11 is 1.78. The van der Waals surface area contributed by atoms with E-state index in [4.69, 9.17) is 0 Å². The second-order valence-corrected chi connectivity index (χ2v) is 6.62. The van der Waals surface area contributed by atoms with Gasteiger partial charge < -0.3 is 5.32 Å². The van der Waals surface area contributed by atoms with E-state index in [2.05, 4.69) is 42.3 Å². The molecule has 1 heterocycles. The molecule has 0 aliphatic heterocycles. The highest BCUT2D eigenvalue weighted by molar-refractivity contribution is 7.22. The van der Waals surface area contributed by atoms with Gasteiger partial charge in [0.25, 0.3) is 0 Å². The maximum absolute atomic E-state index is 4.67. The molecule has 1 saturated carbocycles. The molecule has 0 saturated heterocycles. The third-order valence-electron chi connectivity index (χ3n) is 3.89. The van der Waals surface area contributed by atoms with Gasteiger partial charge in [0.05, 0.1) is 10.2 Å². The molecule has 0 radical (unpaired) electrons. The molecule has 0 atom stereocenters. The first-order valence-electron chi connectivity index (χ1n) is 6.84. The first-order chi connectivity index (χ1) is 8.70. The van der Waals surface area contributed by atoms with E-state index in [1.165, 1.54) is 35.9 Å². The number of hydrogen-bond donors (Lipinski definition) is 1. The molecule has 0 bridgehead atoms. The van der Waals surface area contributed by atoms with E-state index in [0.717, 1.165) is 16.6 Å². The number of anilines is 1. The molecular weight excluding hydrogens is 240 g/mol. The zero-order valence-electron chi connectivity index (χ0n) is 11.1. The van der Waals surface area contributed by atoms with Crippen LogP contribution in [0.15, 0.2) is 18.2 Å². The minimum atomic E-state index is 0.628. The van der Waals surface area contributed by atoms with Gasteiger partial charge in [-0.2, -0.15) is 0 Å². The normalized spacial score (nSPS) is 24.3. The summed E-state index contributed by atoms with van der Waals surface area (Å²) in [4.78, 5) is 4.67. The van der Waals surface area contributed by atoms with Crippen molar-refractivity contribution < 1.29 is 0 Å². The molecule has 0 unspecified atom stereocenters. The summed E-state index contributed by atoms with van der Waals surface area (Å²) in [5.74, 6) is 0.904. The van der Waals surface area contributed by atoms with Crippen molar-refractivity contribution in [1.29, 1.82) is 0 Å². The molecular formula is C15H20N2S. The molecule has 1 N–H and O–H groups in total. The fraction of sp³-hybridized carbons (Fsp3) is 0.533. The standard InChI is InChI=1S/C15H20N2S/c1-10-3-6-12(7-4-10)16-15-17-13-8-5-11(2)9-14(13)18-15/h5,8-10,12H,3-4,6-7H2,1-2H3,(H,16,17). The van der Waals surface area contributed by atoms with Crippen molar-refractivity contribution in [2.75, 3.05) is 5.32 Å². The zero-order chi connectivity index (χ0) is 12.5. The van der Waals surface area contributed by atoms with Crippen LogP contribution in [0.2, 0.25) is 0 Å². The Labute approximate surface area is 112 Å². The van der Waals surface area contributed by atoms with Crippen molar-refractivity contribution in [2.45, 2.75) is 45.6 Å². The van der Waals surface area contributed by atoms with Crippen LogP contribution in [0.25, 0.3) is 10.2 Å². The highest BCUT2D eigenvalue weighted by atomic mass is 32.1. The Kier molecular flexibility index (Phi) is 3.25. The second-order valence-electron chi connectivity index (χ2n) is 5.59. The SMILES string of the molecule is Cc1ccc2nc(NC3CCC(C)CC3)sc2c1. The van der Waals surface area contributed by atoms with Gasteiger partial charge in [-0.3, -0.25) is 0 Å². The topological polar surface area (TPSA) is 24.9 Å². The van der Waals surface area contributed by atoms with Crippen LogP contribution in [0.4, 0.5) is 5.13 Å². The van der Waals surface area contributed by atoms with Gasteiger partial charge in [0.15, 0.2) is 5.13 Å². The average Bonchev–Trinajstić information content (AvgIpc) is 2.73. The van der Waals surface area contributed by atoms with Crippen LogP contribution < -0.4 is 5.32 Å². The predicted octanol–water partition coefficient (Wildman–Crippen LogP) is 4.60. The first kappa shape index (κ1) is 12.0. The van der Waals surface area contributed by atoms with Crippen LogP contribution in [-0.2, 0) is 0 Å². The van der Waals surface area contributed by atoms with Crippen LogP contribution in [0.5, 0.6) is 0 Å². The van der Waals surface area contributed by atoms with Crippen LogP contribution in [0.3, 0.4) is 0 Å². The maximum Gasteiger partial charge on any atom is 0.184 e. The molecule has 18 heavy (non-hydrogen) atoms. The number of fused-ring (bicyclic) bond motifs is 1. The monoisotopic (exact) mass is 260 g/mol. The molecule has 2 nitrogen and oxygen atoms in total. The van der Waals surface area contributed by atoms with Gasteiger partial charge in [-0.25, -0.2) is 4.98 Å². The van der Waals surface area contributed by atoms with Crippen molar-refractivity contribution in [1.82, 2.24) is 4.98 Å². The molecule has 1 fully saturated rings. The van der Waals surface area contributed by atoms with E-state index in [1.807, 2.05) is 0 Å². The highest BCUT2D eigenvalue weighted by Gasteiger charge is 2.18. The van der Waals surface area contributed by atoms with Gasteiger partial charge in [-0.05, 0) is 56.2 Å². The Hall–Kier alpha value is -1.09. The lowest BCUT2D eigenvalue weighted by Crippen LogP contribution is -2.24. The summed E-state index contributed by atoms with van der Waals surface area (Å²) in [6.45, 7) is 4.49. The second kappa shape index (κ2) is 4.88. The fourth-order valence-electron chi connectivity index (χ4n) is 2.67. The number of aryl methyl sites for hydroxylation is 1. The van der Waals surface area contributed by atoms with E-state index >= 15 is 0 Å². The first-order valence-corrected chi connectivity index (χ1v) is 7.66. The highest BCUT2D eigenvalue weighted by Crippen LogP contribution is 2.30. The van der Waals surface area contributed by atoms with Gasteiger partial charge in [-0.15, -0.1) is 0 Å². The Bertz CT molecular complexity index is 538. The van der Waals surface area contributed by atoms with E-state index in [1.54, 1.807) is 11.3 Å². The Morgan fingerprint density at radius 3 is 2.78 bits per heavy atom. The molecule has 3 rings (SSSR count). The van der Waals surface area contributed by atoms with Crippen LogP contribution in [0, 0.1) is 12.8 Å². The third-order valence-corrected chi connectivity index (χ3v) is 4.84. The quantitative estimate of drug-likeness (QED) is 0.854. The molecule has 1 aliphatic rings. The Balaban J connectivity index is 1.74. The zero-order valence-corrected chi connectivity index (χ0v) is 11.9. The van der Waals surface area contributed by atoms with Gasteiger partial charge >= 0.3 is 0 Å². The lowest BCUT2D eigenvalue weighted by atomic mass is 9.87. The number of benzene rings is 1. The average molecular weight is 260 g/mol. The van der Waals surface area contributed by atoms with Crippen LogP contribution in [0.1, 0.15) is 38.2 Å². The summed E-state index contributed by atoms with van der Waals surface area (Å²) < 4.78 is 1.29. The van der Waals surface area contributed by atoms with Gasteiger partial charge in [0.2, 0.25) is 0 Å². The number of nitrogens with one attached hydrogen (secondary N) is 1. The smallest absolute Gasteiger partial charge is 0.184 e.